The number of halogens is 2. The summed E-state index contributed by atoms with van der Waals surface area (Å²) in [5.41, 5.74) is 0.404. The van der Waals surface area contributed by atoms with Crippen molar-refractivity contribution in [2.45, 2.75) is 51.6 Å². The van der Waals surface area contributed by atoms with E-state index in [4.69, 9.17) is 11.6 Å². The summed E-state index contributed by atoms with van der Waals surface area (Å²) in [6.45, 7) is 4.38. The van der Waals surface area contributed by atoms with Crippen molar-refractivity contribution in [2.24, 2.45) is 5.41 Å². The molecule has 1 aliphatic carbocycles. The first kappa shape index (κ1) is 13.8. The quantitative estimate of drug-likeness (QED) is 0.847. The van der Waals surface area contributed by atoms with Crippen molar-refractivity contribution in [3.8, 4) is 0 Å². The fourth-order valence-electron chi connectivity index (χ4n) is 3.14. The molecule has 1 atom stereocenters. The Bertz CT molecular complexity index is 444. The molecule has 1 fully saturated rings. The number of aliphatic hydroxyl groups is 1. The van der Waals surface area contributed by atoms with E-state index in [0.717, 1.165) is 31.2 Å². The first-order valence-electron chi connectivity index (χ1n) is 6.46. The summed E-state index contributed by atoms with van der Waals surface area (Å²) in [6, 6.07) is 4.70. The van der Waals surface area contributed by atoms with E-state index < -0.39 is 11.4 Å². The van der Waals surface area contributed by atoms with Gasteiger partial charge >= 0.3 is 0 Å². The largest absolute Gasteiger partial charge is 0.390 e. The molecule has 0 bridgehead atoms. The van der Waals surface area contributed by atoms with Crippen LogP contribution >= 0.6 is 11.6 Å². The molecule has 1 nitrogen and oxygen atoms in total. The van der Waals surface area contributed by atoms with Crippen molar-refractivity contribution in [2.75, 3.05) is 0 Å². The van der Waals surface area contributed by atoms with Crippen LogP contribution in [-0.2, 0) is 6.42 Å². The molecule has 0 saturated heterocycles. The monoisotopic (exact) mass is 270 g/mol. The van der Waals surface area contributed by atoms with Crippen LogP contribution < -0.4 is 0 Å². The molecule has 0 amide bonds. The molecule has 0 aliphatic heterocycles. The predicted octanol–water partition coefficient (Wildman–Crippen LogP) is 4.35. The van der Waals surface area contributed by atoms with Gasteiger partial charge in [0.1, 0.15) is 5.82 Å². The molecule has 18 heavy (non-hydrogen) atoms. The van der Waals surface area contributed by atoms with Crippen LogP contribution in [0.15, 0.2) is 18.2 Å². The fourth-order valence-corrected chi connectivity index (χ4v) is 3.35. The number of hydrogen-bond donors (Lipinski definition) is 1. The highest BCUT2D eigenvalue weighted by Crippen LogP contribution is 2.42. The Morgan fingerprint density at radius 3 is 2.67 bits per heavy atom. The molecule has 0 spiro atoms. The summed E-state index contributed by atoms with van der Waals surface area (Å²) >= 11 is 5.78. The minimum absolute atomic E-state index is 0.131. The Morgan fingerprint density at radius 1 is 1.33 bits per heavy atom. The third-order valence-electron chi connectivity index (χ3n) is 3.82. The lowest BCUT2D eigenvalue weighted by atomic mass is 9.68. The maximum atomic E-state index is 13.1. The second-order valence-electron chi connectivity index (χ2n) is 6.34. The molecule has 3 heteroatoms. The Morgan fingerprint density at radius 2 is 2.06 bits per heavy atom. The van der Waals surface area contributed by atoms with Crippen molar-refractivity contribution >= 4 is 11.6 Å². The summed E-state index contributed by atoms with van der Waals surface area (Å²) < 4.78 is 13.1. The van der Waals surface area contributed by atoms with Crippen molar-refractivity contribution in [3.05, 3.63) is 34.6 Å². The zero-order valence-corrected chi connectivity index (χ0v) is 11.7. The summed E-state index contributed by atoms with van der Waals surface area (Å²) in [5, 5.41) is 10.8. The van der Waals surface area contributed by atoms with Crippen LogP contribution in [0, 0.1) is 11.2 Å². The highest BCUT2D eigenvalue weighted by molar-refractivity contribution is 6.30. The van der Waals surface area contributed by atoms with E-state index in [1.165, 1.54) is 6.07 Å². The standard InChI is InChI=1S/C15H20ClFO/c1-14(2)6-3-7-15(18,10-14)9-11-4-5-13(17)12(16)8-11/h4-5,8,18H,3,6-7,9-10H2,1-2H3. The third kappa shape index (κ3) is 3.24. The van der Waals surface area contributed by atoms with Gasteiger partial charge in [-0.25, -0.2) is 4.39 Å². The fraction of sp³-hybridized carbons (Fsp3) is 0.600. The van der Waals surface area contributed by atoms with E-state index in [0.29, 0.717) is 6.42 Å². The van der Waals surface area contributed by atoms with Gasteiger partial charge in [-0.2, -0.15) is 0 Å². The van der Waals surface area contributed by atoms with E-state index >= 15 is 0 Å². The molecule has 1 N–H and O–H groups in total. The first-order chi connectivity index (χ1) is 8.30. The molecule has 2 rings (SSSR count). The number of benzene rings is 1. The van der Waals surface area contributed by atoms with Gasteiger partial charge in [0.05, 0.1) is 10.6 Å². The lowest BCUT2D eigenvalue weighted by molar-refractivity contribution is -0.0382. The summed E-state index contributed by atoms with van der Waals surface area (Å²) in [7, 11) is 0. The molecule has 100 valence electrons. The molecule has 1 aliphatic rings. The Balaban J connectivity index is 2.14. The van der Waals surface area contributed by atoms with Crippen molar-refractivity contribution in [1.82, 2.24) is 0 Å². The molecule has 0 radical (unpaired) electrons. The lowest BCUT2D eigenvalue weighted by Gasteiger charge is -2.41. The summed E-state index contributed by atoms with van der Waals surface area (Å²) in [5.74, 6) is -0.406. The molecule has 1 aromatic rings. The highest BCUT2D eigenvalue weighted by Gasteiger charge is 2.38. The van der Waals surface area contributed by atoms with Crippen LogP contribution in [0.25, 0.3) is 0 Å². The minimum atomic E-state index is -0.678. The van der Waals surface area contributed by atoms with Crippen molar-refractivity contribution < 1.29 is 9.50 Å². The molecule has 1 saturated carbocycles. The molecular formula is C15H20ClFO. The normalized spacial score (nSPS) is 27.2. The van der Waals surface area contributed by atoms with Gasteiger partial charge in [-0.05, 0) is 42.4 Å². The maximum absolute atomic E-state index is 13.1. The molecular weight excluding hydrogens is 251 g/mol. The summed E-state index contributed by atoms with van der Waals surface area (Å²) in [6.07, 6.45) is 4.34. The van der Waals surface area contributed by atoms with Gasteiger partial charge in [0.25, 0.3) is 0 Å². The number of rotatable bonds is 2. The SMILES string of the molecule is CC1(C)CCCC(O)(Cc2ccc(F)c(Cl)c2)C1. The van der Waals surface area contributed by atoms with Gasteiger partial charge in [0.15, 0.2) is 0 Å². The van der Waals surface area contributed by atoms with Crippen molar-refractivity contribution in [1.29, 1.82) is 0 Å². The minimum Gasteiger partial charge on any atom is -0.390 e. The Kier molecular flexibility index (Phi) is 3.70. The molecule has 0 aromatic heterocycles. The second kappa shape index (κ2) is 4.82. The van der Waals surface area contributed by atoms with Crippen molar-refractivity contribution in [3.63, 3.8) is 0 Å². The van der Waals surface area contributed by atoms with E-state index in [1.54, 1.807) is 12.1 Å². The van der Waals surface area contributed by atoms with E-state index in [9.17, 15) is 9.50 Å². The Hall–Kier alpha value is -0.600. The molecule has 1 aromatic carbocycles. The Labute approximate surface area is 113 Å². The molecule has 0 heterocycles. The van der Waals surface area contributed by atoms with E-state index in [1.807, 2.05) is 0 Å². The van der Waals surface area contributed by atoms with Gasteiger partial charge in [-0.15, -0.1) is 0 Å². The average Bonchev–Trinajstić information content (AvgIpc) is 2.21. The van der Waals surface area contributed by atoms with Gasteiger partial charge in [-0.3, -0.25) is 0 Å². The summed E-state index contributed by atoms with van der Waals surface area (Å²) in [4.78, 5) is 0. The average molecular weight is 271 g/mol. The van der Waals surface area contributed by atoms with E-state index in [-0.39, 0.29) is 10.4 Å². The topological polar surface area (TPSA) is 20.2 Å². The zero-order chi connectivity index (χ0) is 13.4. The second-order valence-corrected chi connectivity index (χ2v) is 6.75. The predicted molar refractivity (Wildman–Crippen MR) is 72.3 cm³/mol. The van der Waals surface area contributed by atoms with E-state index in [2.05, 4.69) is 13.8 Å². The lowest BCUT2D eigenvalue weighted by Crippen LogP contribution is -2.40. The van der Waals surface area contributed by atoms with Gasteiger partial charge in [0.2, 0.25) is 0 Å². The van der Waals surface area contributed by atoms with Gasteiger partial charge in [0, 0.05) is 6.42 Å². The van der Waals surface area contributed by atoms with Crippen LogP contribution in [-0.4, -0.2) is 10.7 Å². The van der Waals surface area contributed by atoms with Gasteiger partial charge in [-0.1, -0.05) is 37.9 Å². The van der Waals surface area contributed by atoms with Crippen LogP contribution in [0.3, 0.4) is 0 Å². The van der Waals surface area contributed by atoms with Crippen LogP contribution in [0.2, 0.25) is 5.02 Å². The first-order valence-corrected chi connectivity index (χ1v) is 6.84. The van der Waals surface area contributed by atoms with Crippen LogP contribution in [0.5, 0.6) is 0 Å². The zero-order valence-electron chi connectivity index (χ0n) is 11.0. The maximum Gasteiger partial charge on any atom is 0.141 e. The van der Waals surface area contributed by atoms with Crippen LogP contribution in [0.1, 0.15) is 45.1 Å². The highest BCUT2D eigenvalue weighted by atomic mass is 35.5. The number of hydrogen-bond acceptors (Lipinski definition) is 1. The molecule has 1 unspecified atom stereocenters. The van der Waals surface area contributed by atoms with Gasteiger partial charge < -0.3 is 5.11 Å². The smallest absolute Gasteiger partial charge is 0.141 e. The third-order valence-corrected chi connectivity index (χ3v) is 4.11. The van der Waals surface area contributed by atoms with Crippen LogP contribution in [0.4, 0.5) is 4.39 Å².